The monoisotopic (exact) mass is 268 g/mol. The zero-order chi connectivity index (χ0) is 12.5. The van der Waals surface area contributed by atoms with Crippen molar-refractivity contribution in [1.29, 1.82) is 0 Å². The van der Waals surface area contributed by atoms with Crippen molar-refractivity contribution in [1.82, 2.24) is 4.98 Å². The maximum Gasteiger partial charge on any atom is 0.306 e. The minimum atomic E-state index is -0.693. The number of aliphatic carboxylic acids is 1. The highest BCUT2D eigenvalue weighted by molar-refractivity contribution is 7.15. The minimum Gasteiger partial charge on any atom is -0.481 e. The van der Waals surface area contributed by atoms with Gasteiger partial charge in [-0.15, -0.1) is 11.3 Å². The molecule has 1 atom stereocenters. The summed E-state index contributed by atoms with van der Waals surface area (Å²) in [5.41, 5.74) is 1.00. The van der Waals surface area contributed by atoms with Gasteiger partial charge in [0.25, 0.3) is 0 Å². The predicted octanol–water partition coefficient (Wildman–Crippen LogP) is 1.17. The molecule has 1 aliphatic heterocycles. The first-order valence-corrected chi connectivity index (χ1v) is 7.10. The molecule has 2 heterocycles. The third kappa shape index (κ3) is 2.22. The number of anilines is 1. The van der Waals surface area contributed by atoms with Crippen LogP contribution in [0.15, 0.2) is 0 Å². The van der Waals surface area contributed by atoms with Crippen LogP contribution >= 0.6 is 11.3 Å². The molecule has 0 aromatic carbocycles. The summed E-state index contributed by atoms with van der Waals surface area (Å²) in [6, 6.07) is 0. The minimum absolute atomic E-state index is 0.253. The van der Waals surface area contributed by atoms with Gasteiger partial charge in [0.15, 0.2) is 5.13 Å². The van der Waals surface area contributed by atoms with Crippen LogP contribution in [0.3, 0.4) is 0 Å². The van der Waals surface area contributed by atoms with E-state index in [9.17, 15) is 4.79 Å². The Morgan fingerprint density at radius 2 is 2.22 bits per heavy atom. The fourth-order valence-electron chi connectivity index (χ4n) is 2.47. The first-order valence-electron chi connectivity index (χ1n) is 6.28. The van der Waals surface area contributed by atoms with E-state index in [1.807, 2.05) is 0 Å². The number of carboxylic acid groups (broad SMARTS) is 1. The summed E-state index contributed by atoms with van der Waals surface area (Å²) in [5, 5.41) is 10.1. The molecule has 5 nitrogen and oxygen atoms in total. The fourth-order valence-corrected chi connectivity index (χ4v) is 3.62. The quantitative estimate of drug-likeness (QED) is 0.872. The molecule has 1 aliphatic carbocycles. The van der Waals surface area contributed by atoms with Crippen LogP contribution in [-0.4, -0.2) is 42.4 Å². The number of carbonyl (C=O) groups is 1. The lowest BCUT2D eigenvalue weighted by atomic mass is 9.91. The van der Waals surface area contributed by atoms with Crippen LogP contribution in [0.5, 0.6) is 0 Å². The Morgan fingerprint density at radius 3 is 2.94 bits per heavy atom. The summed E-state index contributed by atoms with van der Waals surface area (Å²) < 4.78 is 5.33. The van der Waals surface area contributed by atoms with Crippen LogP contribution in [-0.2, 0) is 22.4 Å². The topological polar surface area (TPSA) is 62.7 Å². The Morgan fingerprint density at radius 1 is 1.44 bits per heavy atom. The van der Waals surface area contributed by atoms with Gasteiger partial charge >= 0.3 is 5.97 Å². The van der Waals surface area contributed by atoms with Gasteiger partial charge in [0.1, 0.15) is 0 Å². The lowest BCUT2D eigenvalue weighted by Gasteiger charge is -2.26. The average molecular weight is 268 g/mol. The molecule has 1 aromatic heterocycles. The molecule has 0 amide bonds. The molecule has 0 radical (unpaired) electrons. The van der Waals surface area contributed by atoms with Gasteiger partial charge in [-0.1, -0.05) is 0 Å². The molecule has 98 valence electrons. The van der Waals surface area contributed by atoms with Crippen molar-refractivity contribution in [2.24, 2.45) is 5.92 Å². The zero-order valence-electron chi connectivity index (χ0n) is 10.1. The second kappa shape index (κ2) is 4.85. The number of aryl methyl sites for hydroxylation is 1. The van der Waals surface area contributed by atoms with Gasteiger partial charge in [-0.3, -0.25) is 4.79 Å². The first-order chi connectivity index (χ1) is 8.74. The average Bonchev–Trinajstić information content (AvgIpc) is 2.82. The maximum atomic E-state index is 11.0. The molecule has 6 heteroatoms. The number of ether oxygens (including phenoxy) is 1. The molecule has 0 saturated carbocycles. The standard InChI is InChI=1S/C12H16N2O3S/c15-11(16)8-1-2-10-9(7-8)13-12(18-10)14-3-5-17-6-4-14/h8H,1-7H2,(H,15,16). The maximum absolute atomic E-state index is 11.0. The Kier molecular flexibility index (Phi) is 3.22. The van der Waals surface area contributed by atoms with Crippen molar-refractivity contribution in [3.8, 4) is 0 Å². The van der Waals surface area contributed by atoms with Crippen molar-refractivity contribution in [3.63, 3.8) is 0 Å². The van der Waals surface area contributed by atoms with Crippen molar-refractivity contribution in [2.45, 2.75) is 19.3 Å². The van der Waals surface area contributed by atoms with E-state index in [1.165, 1.54) is 4.88 Å². The predicted molar refractivity (Wildman–Crippen MR) is 68.3 cm³/mol. The summed E-state index contributed by atoms with van der Waals surface area (Å²) in [5.74, 6) is -0.946. The van der Waals surface area contributed by atoms with Crippen molar-refractivity contribution < 1.29 is 14.6 Å². The van der Waals surface area contributed by atoms with Crippen molar-refractivity contribution in [3.05, 3.63) is 10.6 Å². The summed E-state index contributed by atoms with van der Waals surface area (Å²) in [6.45, 7) is 3.27. The number of carboxylic acids is 1. The third-order valence-electron chi connectivity index (χ3n) is 3.56. The molecular formula is C12H16N2O3S. The Bertz CT molecular complexity index is 454. The Hall–Kier alpha value is -1.14. The molecule has 1 unspecified atom stereocenters. The van der Waals surface area contributed by atoms with Gasteiger partial charge in [0.2, 0.25) is 0 Å². The van der Waals surface area contributed by atoms with E-state index >= 15 is 0 Å². The number of rotatable bonds is 2. The number of fused-ring (bicyclic) bond motifs is 1. The highest BCUT2D eigenvalue weighted by Crippen LogP contribution is 2.34. The van der Waals surface area contributed by atoms with Gasteiger partial charge in [0, 0.05) is 24.4 Å². The lowest BCUT2D eigenvalue weighted by Crippen LogP contribution is -2.36. The molecule has 0 spiro atoms. The van der Waals surface area contributed by atoms with Crippen molar-refractivity contribution in [2.75, 3.05) is 31.2 Å². The second-order valence-electron chi connectivity index (χ2n) is 4.74. The molecule has 1 N–H and O–H groups in total. The molecule has 0 bridgehead atoms. The van der Waals surface area contributed by atoms with E-state index in [1.54, 1.807) is 11.3 Å². The lowest BCUT2D eigenvalue weighted by molar-refractivity contribution is -0.142. The highest BCUT2D eigenvalue weighted by atomic mass is 32.1. The summed E-state index contributed by atoms with van der Waals surface area (Å²) in [4.78, 5) is 19.2. The number of nitrogens with zero attached hydrogens (tertiary/aromatic N) is 2. The van der Waals surface area contributed by atoms with Gasteiger partial charge in [-0.05, 0) is 12.8 Å². The molecule has 2 aliphatic rings. The van der Waals surface area contributed by atoms with Crippen LogP contribution in [0.2, 0.25) is 0 Å². The van der Waals surface area contributed by atoms with Crippen molar-refractivity contribution >= 4 is 22.4 Å². The largest absolute Gasteiger partial charge is 0.481 e. The van der Waals surface area contributed by atoms with E-state index in [0.717, 1.165) is 50.0 Å². The van der Waals surface area contributed by atoms with Crippen LogP contribution in [0.1, 0.15) is 17.0 Å². The van der Waals surface area contributed by atoms with Gasteiger partial charge < -0.3 is 14.7 Å². The normalized spacial score (nSPS) is 23.8. The molecule has 18 heavy (non-hydrogen) atoms. The Labute approximate surface area is 109 Å². The van der Waals surface area contributed by atoms with E-state index < -0.39 is 5.97 Å². The number of hydrogen-bond donors (Lipinski definition) is 1. The highest BCUT2D eigenvalue weighted by Gasteiger charge is 2.28. The molecule has 1 saturated heterocycles. The summed E-state index contributed by atoms with van der Waals surface area (Å²) >= 11 is 1.72. The second-order valence-corrected chi connectivity index (χ2v) is 5.81. The van der Waals surface area contributed by atoms with Gasteiger partial charge in [-0.25, -0.2) is 4.98 Å². The van der Waals surface area contributed by atoms with Crippen LogP contribution in [0.25, 0.3) is 0 Å². The fraction of sp³-hybridized carbons (Fsp3) is 0.667. The van der Waals surface area contributed by atoms with E-state index in [-0.39, 0.29) is 5.92 Å². The first kappa shape index (κ1) is 11.9. The Balaban J connectivity index is 1.78. The number of hydrogen-bond acceptors (Lipinski definition) is 5. The van der Waals surface area contributed by atoms with E-state index in [0.29, 0.717) is 6.42 Å². The summed E-state index contributed by atoms with van der Waals surface area (Å²) in [6.07, 6.45) is 2.19. The summed E-state index contributed by atoms with van der Waals surface area (Å²) in [7, 11) is 0. The van der Waals surface area contributed by atoms with Gasteiger partial charge in [0.05, 0.1) is 24.8 Å². The van der Waals surface area contributed by atoms with Crippen LogP contribution in [0, 0.1) is 5.92 Å². The molecule has 3 rings (SSSR count). The third-order valence-corrected chi connectivity index (χ3v) is 4.78. The van der Waals surface area contributed by atoms with E-state index in [2.05, 4.69) is 9.88 Å². The smallest absolute Gasteiger partial charge is 0.306 e. The van der Waals surface area contributed by atoms with Crippen LogP contribution < -0.4 is 4.90 Å². The van der Waals surface area contributed by atoms with Crippen LogP contribution in [0.4, 0.5) is 5.13 Å². The van der Waals surface area contributed by atoms with E-state index in [4.69, 9.17) is 9.84 Å². The molecular weight excluding hydrogens is 252 g/mol. The zero-order valence-corrected chi connectivity index (χ0v) is 10.9. The molecule has 1 aromatic rings. The number of aromatic nitrogens is 1. The number of morpholine rings is 1. The number of thiazole rings is 1. The molecule has 1 fully saturated rings. The SMILES string of the molecule is O=C(O)C1CCc2sc(N3CCOCC3)nc2C1. The van der Waals surface area contributed by atoms with Gasteiger partial charge in [-0.2, -0.15) is 0 Å².